The zero-order chi connectivity index (χ0) is 11.5. The molecule has 1 aromatic carbocycles. The van der Waals surface area contributed by atoms with E-state index in [9.17, 15) is 0 Å². The lowest BCUT2D eigenvalue weighted by Crippen LogP contribution is -1.82. The number of rotatable bonds is 1. The van der Waals surface area contributed by atoms with Gasteiger partial charge in [0.1, 0.15) is 17.8 Å². The van der Waals surface area contributed by atoms with Crippen LogP contribution in [0.5, 0.6) is 0 Å². The lowest BCUT2D eigenvalue weighted by Gasteiger charge is -2.00. The number of aromatic nitrogens is 1. The van der Waals surface area contributed by atoms with E-state index in [1.807, 2.05) is 12.1 Å². The number of halogens is 1. The fourth-order valence-electron chi connectivity index (χ4n) is 1.52. The third-order valence-corrected chi connectivity index (χ3v) is 2.50. The van der Waals surface area contributed by atoms with E-state index in [-0.39, 0.29) is 0 Å². The molecule has 0 aliphatic carbocycles. The summed E-state index contributed by atoms with van der Waals surface area (Å²) in [6, 6.07) is 11.1. The summed E-state index contributed by atoms with van der Waals surface area (Å²) in [5.74, 6) is 0. The Labute approximate surface area is 97.5 Å². The highest BCUT2D eigenvalue weighted by molar-refractivity contribution is 6.30. The Kier molecular flexibility index (Phi) is 2.64. The van der Waals surface area contributed by atoms with Crippen molar-refractivity contribution in [3.05, 3.63) is 46.7 Å². The molecule has 0 radical (unpaired) electrons. The molecule has 0 aliphatic heterocycles. The van der Waals surface area contributed by atoms with Gasteiger partial charge < -0.3 is 4.98 Å². The van der Waals surface area contributed by atoms with Crippen molar-refractivity contribution in [2.24, 2.45) is 0 Å². The molecule has 2 aromatic rings. The van der Waals surface area contributed by atoms with Crippen LogP contribution in [0.2, 0.25) is 5.02 Å². The monoisotopic (exact) mass is 227 g/mol. The number of aromatic amines is 1. The summed E-state index contributed by atoms with van der Waals surface area (Å²) in [4.78, 5) is 2.77. The van der Waals surface area contributed by atoms with Crippen LogP contribution >= 0.6 is 11.6 Å². The van der Waals surface area contributed by atoms with Gasteiger partial charge >= 0.3 is 0 Å². The lowest BCUT2D eigenvalue weighted by molar-refractivity contribution is 1.33. The fourth-order valence-corrected chi connectivity index (χ4v) is 1.64. The molecule has 76 valence electrons. The maximum Gasteiger partial charge on any atom is 0.126 e. The van der Waals surface area contributed by atoms with Crippen LogP contribution in [0, 0.1) is 22.7 Å². The maximum atomic E-state index is 8.94. The number of benzene rings is 1. The molecule has 0 unspecified atom stereocenters. The molecule has 0 amide bonds. The minimum atomic E-state index is 0.388. The van der Waals surface area contributed by atoms with Gasteiger partial charge in [0.15, 0.2) is 0 Å². The molecule has 0 saturated carbocycles. The molecular weight excluding hydrogens is 222 g/mol. The van der Waals surface area contributed by atoms with Crippen LogP contribution in [0.4, 0.5) is 0 Å². The Hall–Kier alpha value is -2.23. The molecule has 0 spiro atoms. The number of nitriles is 2. The number of nitrogens with zero attached hydrogens (tertiary/aromatic N) is 2. The molecule has 0 saturated heterocycles. The highest BCUT2D eigenvalue weighted by atomic mass is 35.5. The molecular formula is C12H6ClN3. The van der Waals surface area contributed by atoms with Crippen molar-refractivity contribution in [3.63, 3.8) is 0 Å². The molecule has 3 nitrogen and oxygen atoms in total. The summed E-state index contributed by atoms with van der Waals surface area (Å²) in [5.41, 5.74) is 2.28. The average Bonchev–Trinajstić information content (AvgIpc) is 2.73. The SMILES string of the molecule is N#Cc1c[nH]c(C#N)c1-c1ccc(Cl)cc1. The summed E-state index contributed by atoms with van der Waals surface area (Å²) < 4.78 is 0. The highest BCUT2D eigenvalue weighted by Crippen LogP contribution is 2.27. The smallest absolute Gasteiger partial charge is 0.126 e. The molecule has 0 aliphatic rings. The van der Waals surface area contributed by atoms with Crippen molar-refractivity contribution >= 4 is 11.6 Å². The highest BCUT2D eigenvalue weighted by Gasteiger charge is 2.12. The van der Waals surface area contributed by atoms with Gasteiger partial charge in [0, 0.05) is 16.8 Å². The molecule has 0 fully saturated rings. The second kappa shape index (κ2) is 4.10. The number of hydrogen-bond donors (Lipinski definition) is 1. The van der Waals surface area contributed by atoms with Crippen LogP contribution in [-0.2, 0) is 0 Å². The van der Waals surface area contributed by atoms with E-state index in [1.165, 1.54) is 6.20 Å². The molecule has 4 heteroatoms. The Morgan fingerprint density at radius 3 is 2.31 bits per heavy atom. The average molecular weight is 228 g/mol. The number of nitrogens with one attached hydrogen (secondary N) is 1. The van der Waals surface area contributed by atoms with Crippen molar-refractivity contribution in [3.8, 4) is 23.3 Å². The number of H-pyrrole nitrogens is 1. The van der Waals surface area contributed by atoms with Crippen LogP contribution < -0.4 is 0 Å². The van der Waals surface area contributed by atoms with E-state index in [1.54, 1.807) is 24.3 Å². The van der Waals surface area contributed by atoms with Gasteiger partial charge in [-0.25, -0.2) is 0 Å². The van der Waals surface area contributed by atoms with Crippen molar-refractivity contribution in [2.45, 2.75) is 0 Å². The number of hydrogen-bond acceptors (Lipinski definition) is 2. The third-order valence-electron chi connectivity index (χ3n) is 2.25. The molecule has 1 heterocycles. The summed E-state index contributed by atoms with van der Waals surface area (Å²) in [6.45, 7) is 0. The van der Waals surface area contributed by atoms with Gasteiger partial charge in [-0.1, -0.05) is 23.7 Å². The Morgan fingerprint density at radius 2 is 1.75 bits per heavy atom. The Morgan fingerprint density at radius 1 is 1.06 bits per heavy atom. The predicted molar refractivity (Wildman–Crippen MR) is 60.7 cm³/mol. The van der Waals surface area contributed by atoms with E-state index in [0.717, 1.165) is 5.56 Å². The summed E-state index contributed by atoms with van der Waals surface area (Å²) >= 11 is 5.78. The zero-order valence-corrected chi connectivity index (χ0v) is 8.92. The predicted octanol–water partition coefficient (Wildman–Crippen LogP) is 3.08. The molecule has 1 N–H and O–H groups in total. The minimum absolute atomic E-state index is 0.388. The van der Waals surface area contributed by atoms with Crippen LogP contribution in [-0.4, -0.2) is 4.98 Å². The first-order valence-electron chi connectivity index (χ1n) is 4.53. The molecule has 1 aromatic heterocycles. The van der Waals surface area contributed by atoms with Gasteiger partial charge in [-0.3, -0.25) is 0 Å². The van der Waals surface area contributed by atoms with Crippen molar-refractivity contribution in [1.29, 1.82) is 10.5 Å². The van der Waals surface area contributed by atoms with Gasteiger partial charge in [-0.2, -0.15) is 10.5 Å². The molecule has 16 heavy (non-hydrogen) atoms. The van der Waals surface area contributed by atoms with Crippen molar-refractivity contribution < 1.29 is 0 Å². The van der Waals surface area contributed by atoms with Crippen molar-refractivity contribution in [2.75, 3.05) is 0 Å². The van der Waals surface area contributed by atoms with Gasteiger partial charge in [-0.15, -0.1) is 0 Å². The van der Waals surface area contributed by atoms with E-state index in [2.05, 4.69) is 4.98 Å². The fraction of sp³-hybridized carbons (Fsp3) is 0. The molecule has 2 rings (SSSR count). The Balaban J connectivity index is 2.64. The lowest BCUT2D eigenvalue weighted by atomic mass is 10.0. The third kappa shape index (κ3) is 1.65. The Bertz CT molecular complexity index is 565. The first-order chi connectivity index (χ1) is 7.76. The van der Waals surface area contributed by atoms with Crippen LogP contribution in [0.15, 0.2) is 30.5 Å². The van der Waals surface area contributed by atoms with Gasteiger partial charge in [0.2, 0.25) is 0 Å². The van der Waals surface area contributed by atoms with E-state index < -0.39 is 0 Å². The van der Waals surface area contributed by atoms with Crippen molar-refractivity contribution in [1.82, 2.24) is 4.98 Å². The second-order valence-electron chi connectivity index (χ2n) is 3.18. The van der Waals surface area contributed by atoms with E-state index in [0.29, 0.717) is 21.8 Å². The first-order valence-corrected chi connectivity index (χ1v) is 4.91. The summed E-state index contributed by atoms with van der Waals surface area (Å²) in [7, 11) is 0. The van der Waals surface area contributed by atoms with Gasteiger partial charge in [-0.05, 0) is 17.7 Å². The largest absolute Gasteiger partial charge is 0.351 e. The molecule has 0 bridgehead atoms. The summed E-state index contributed by atoms with van der Waals surface area (Å²) in [6.07, 6.45) is 1.53. The van der Waals surface area contributed by atoms with Gasteiger partial charge in [0.25, 0.3) is 0 Å². The van der Waals surface area contributed by atoms with Crippen LogP contribution in [0.3, 0.4) is 0 Å². The normalized spacial score (nSPS) is 9.44. The van der Waals surface area contributed by atoms with E-state index in [4.69, 9.17) is 22.1 Å². The first kappa shape index (κ1) is 10.3. The standard InChI is InChI=1S/C12H6ClN3/c13-10-3-1-8(2-4-10)12-9(5-14)7-16-11(12)6-15/h1-4,7,16H. The topological polar surface area (TPSA) is 63.4 Å². The van der Waals surface area contributed by atoms with Crippen LogP contribution in [0.25, 0.3) is 11.1 Å². The quantitative estimate of drug-likeness (QED) is 0.814. The summed E-state index contributed by atoms with van der Waals surface area (Å²) in [5, 5.41) is 18.5. The molecule has 0 atom stereocenters. The van der Waals surface area contributed by atoms with Crippen LogP contribution in [0.1, 0.15) is 11.3 Å². The second-order valence-corrected chi connectivity index (χ2v) is 3.62. The van der Waals surface area contributed by atoms with Gasteiger partial charge in [0.05, 0.1) is 5.56 Å². The maximum absolute atomic E-state index is 8.94. The zero-order valence-electron chi connectivity index (χ0n) is 8.16. The van der Waals surface area contributed by atoms with E-state index >= 15 is 0 Å². The minimum Gasteiger partial charge on any atom is -0.351 e.